The summed E-state index contributed by atoms with van der Waals surface area (Å²) in [6, 6.07) is 11.0. The van der Waals surface area contributed by atoms with E-state index in [-0.39, 0.29) is 12.8 Å². The molecule has 8 heteroatoms. The molecule has 4 amide bonds. The van der Waals surface area contributed by atoms with Crippen molar-refractivity contribution in [3.63, 3.8) is 0 Å². The quantitative estimate of drug-likeness (QED) is 0.717. The summed E-state index contributed by atoms with van der Waals surface area (Å²) in [4.78, 5) is 36.1. The molecule has 6 nitrogen and oxygen atoms in total. The molecule has 134 valence electrons. The van der Waals surface area contributed by atoms with E-state index in [0.29, 0.717) is 5.56 Å². The minimum Gasteiger partial charge on any atom is -0.321 e. The number of carbonyl (C=O) groups excluding carboxylic acids is 3. The van der Waals surface area contributed by atoms with Gasteiger partial charge in [-0.2, -0.15) is 0 Å². The van der Waals surface area contributed by atoms with Crippen molar-refractivity contribution in [2.45, 2.75) is 18.4 Å². The topological polar surface area (TPSA) is 87.3 Å². The highest BCUT2D eigenvalue weighted by Gasteiger charge is 2.47. The van der Waals surface area contributed by atoms with Gasteiger partial charge in [0.2, 0.25) is 5.91 Å². The van der Waals surface area contributed by atoms with Gasteiger partial charge in [-0.25, -0.2) is 13.6 Å². The Hall–Kier alpha value is -3.29. The van der Waals surface area contributed by atoms with Crippen LogP contribution >= 0.6 is 0 Å². The third-order valence-electron chi connectivity index (χ3n) is 4.16. The van der Waals surface area contributed by atoms with Crippen LogP contribution in [0.1, 0.15) is 18.4 Å². The molecule has 0 radical (unpaired) electrons. The third-order valence-corrected chi connectivity index (χ3v) is 4.16. The van der Waals surface area contributed by atoms with Crippen molar-refractivity contribution in [3.8, 4) is 0 Å². The summed E-state index contributed by atoms with van der Waals surface area (Å²) >= 11 is 0. The standard InChI is InChI=1S/C18H15F2N3O3/c19-12-7-4-8-13(20)15(12)21-14(24)9-10-18(11-5-2-1-3-6-11)16(25)22-17(26)23-18/h1-8H,9-10H2,(H,21,24)(H2,22,23,25,26). The van der Waals surface area contributed by atoms with E-state index in [1.807, 2.05) is 0 Å². The summed E-state index contributed by atoms with van der Waals surface area (Å²) in [6.45, 7) is 0. The van der Waals surface area contributed by atoms with Gasteiger partial charge >= 0.3 is 6.03 Å². The number of imide groups is 1. The molecule has 2 aromatic rings. The number of urea groups is 1. The maximum Gasteiger partial charge on any atom is 0.322 e. The zero-order chi connectivity index (χ0) is 18.7. The Labute approximate surface area is 147 Å². The van der Waals surface area contributed by atoms with Gasteiger partial charge in [0.25, 0.3) is 5.91 Å². The monoisotopic (exact) mass is 359 g/mol. The summed E-state index contributed by atoms with van der Waals surface area (Å²) in [7, 11) is 0. The summed E-state index contributed by atoms with van der Waals surface area (Å²) < 4.78 is 27.3. The molecule has 1 atom stereocenters. The normalized spacial score (nSPS) is 19.0. The van der Waals surface area contributed by atoms with E-state index in [1.165, 1.54) is 6.07 Å². The number of amides is 4. The Kier molecular flexibility index (Phi) is 4.66. The van der Waals surface area contributed by atoms with Crippen LogP contribution in [0.3, 0.4) is 0 Å². The van der Waals surface area contributed by atoms with E-state index in [4.69, 9.17) is 0 Å². The number of para-hydroxylation sites is 1. The Morgan fingerprint density at radius 3 is 2.23 bits per heavy atom. The molecule has 2 aromatic carbocycles. The van der Waals surface area contributed by atoms with E-state index >= 15 is 0 Å². The van der Waals surface area contributed by atoms with E-state index in [1.54, 1.807) is 30.3 Å². The number of hydrogen-bond acceptors (Lipinski definition) is 3. The van der Waals surface area contributed by atoms with Crippen molar-refractivity contribution >= 4 is 23.5 Å². The van der Waals surface area contributed by atoms with Crippen LogP contribution in [0.4, 0.5) is 19.3 Å². The van der Waals surface area contributed by atoms with Gasteiger partial charge in [0.15, 0.2) is 0 Å². The van der Waals surface area contributed by atoms with E-state index in [0.717, 1.165) is 12.1 Å². The highest BCUT2D eigenvalue weighted by Crippen LogP contribution is 2.30. The summed E-state index contributed by atoms with van der Waals surface area (Å²) in [5, 5.41) is 6.87. The minimum absolute atomic E-state index is 0.0729. The number of halogens is 2. The molecule has 1 aliphatic heterocycles. The largest absolute Gasteiger partial charge is 0.322 e. The summed E-state index contributed by atoms with van der Waals surface area (Å²) in [5.41, 5.74) is -1.46. The van der Waals surface area contributed by atoms with Crippen molar-refractivity contribution < 1.29 is 23.2 Å². The van der Waals surface area contributed by atoms with Crippen LogP contribution in [0.15, 0.2) is 48.5 Å². The Morgan fingerprint density at radius 1 is 1.00 bits per heavy atom. The fourth-order valence-corrected chi connectivity index (χ4v) is 2.86. The predicted molar refractivity (Wildman–Crippen MR) is 89.0 cm³/mol. The smallest absolute Gasteiger partial charge is 0.321 e. The second-order valence-corrected chi connectivity index (χ2v) is 5.82. The number of rotatable bonds is 5. The minimum atomic E-state index is -1.41. The second-order valence-electron chi connectivity index (χ2n) is 5.82. The lowest BCUT2D eigenvalue weighted by molar-refractivity contribution is -0.125. The van der Waals surface area contributed by atoms with Gasteiger partial charge in [-0.1, -0.05) is 36.4 Å². The molecule has 0 aliphatic carbocycles. The SMILES string of the molecule is O=C(CCC1(c2ccccc2)NC(=O)NC1=O)Nc1c(F)cccc1F. The summed E-state index contributed by atoms with van der Waals surface area (Å²) in [5.74, 6) is -3.07. The van der Waals surface area contributed by atoms with Gasteiger partial charge in [0.1, 0.15) is 22.9 Å². The zero-order valence-corrected chi connectivity index (χ0v) is 13.5. The zero-order valence-electron chi connectivity index (χ0n) is 13.5. The average molecular weight is 359 g/mol. The first kappa shape index (κ1) is 17.5. The maximum atomic E-state index is 13.6. The molecule has 1 unspecified atom stereocenters. The molecule has 1 heterocycles. The fourth-order valence-electron chi connectivity index (χ4n) is 2.86. The molecule has 3 N–H and O–H groups in total. The first-order chi connectivity index (χ1) is 12.4. The van der Waals surface area contributed by atoms with Gasteiger partial charge in [0, 0.05) is 6.42 Å². The number of nitrogens with one attached hydrogen (secondary N) is 3. The van der Waals surface area contributed by atoms with Crippen molar-refractivity contribution in [2.75, 3.05) is 5.32 Å². The highest BCUT2D eigenvalue weighted by molar-refractivity contribution is 6.07. The van der Waals surface area contributed by atoms with Crippen molar-refractivity contribution in [2.24, 2.45) is 0 Å². The molecule has 3 rings (SSSR count). The van der Waals surface area contributed by atoms with Crippen LogP contribution in [-0.4, -0.2) is 17.8 Å². The van der Waals surface area contributed by atoms with Crippen LogP contribution in [-0.2, 0) is 15.1 Å². The van der Waals surface area contributed by atoms with E-state index < -0.39 is 40.7 Å². The molecule has 0 bridgehead atoms. The number of anilines is 1. The van der Waals surface area contributed by atoms with Crippen molar-refractivity contribution in [3.05, 3.63) is 65.7 Å². The highest BCUT2D eigenvalue weighted by atomic mass is 19.1. The first-order valence-electron chi connectivity index (χ1n) is 7.85. The Bertz CT molecular complexity index is 853. The molecular weight excluding hydrogens is 344 g/mol. The molecule has 26 heavy (non-hydrogen) atoms. The van der Waals surface area contributed by atoms with Crippen LogP contribution in [0.25, 0.3) is 0 Å². The van der Waals surface area contributed by atoms with Crippen LogP contribution in [0.5, 0.6) is 0 Å². The average Bonchev–Trinajstić information content (AvgIpc) is 2.92. The predicted octanol–water partition coefficient (Wildman–Crippen LogP) is 2.42. The lowest BCUT2D eigenvalue weighted by Crippen LogP contribution is -2.44. The third kappa shape index (κ3) is 3.26. The van der Waals surface area contributed by atoms with Gasteiger partial charge in [-0.3, -0.25) is 14.9 Å². The van der Waals surface area contributed by atoms with Gasteiger partial charge < -0.3 is 10.6 Å². The molecule has 0 spiro atoms. The number of carbonyl (C=O) groups is 3. The molecule has 1 fully saturated rings. The van der Waals surface area contributed by atoms with Crippen molar-refractivity contribution in [1.82, 2.24) is 10.6 Å². The molecule has 1 saturated heterocycles. The Balaban J connectivity index is 1.78. The number of benzene rings is 2. The molecule has 0 saturated carbocycles. The van der Waals surface area contributed by atoms with Crippen molar-refractivity contribution in [1.29, 1.82) is 0 Å². The maximum absolute atomic E-state index is 13.6. The lowest BCUT2D eigenvalue weighted by atomic mass is 9.85. The molecule has 1 aliphatic rings. The molecular formula is C18H15F2N3O3. The number of hydrogen-bond donors (Lipinski definition) is 3. The Morgan fingerprint density at radius 2 is 1.65 bits per heavy atom. The lowest BCUT2D eigenvalue weighted by Gasteiger charge is -2.26. The van der Waals surface area contributed by atoms with Gasteiger partial charge in [-0.15, -0.1) is 0 Å². The second kappa shape index (κ2) is 6.91. The molecule has 0 aromatic heterocycles. The fraction of sp³-hybridized carbons (Fsp3) is 0.167. The van der Waals surface area contributed by atoms with Gasteiger partial charge in [-0.05, 0) is 24.1 Å². The van der Waals surface area contributed by atoms with Gasteiger partial charge in [0.05, 0.1) is 0 Å². The van der Waals surface area contributed by atoms with E-state index in [9.17, 15) is 23.2 Å². The van der Waals surface area contributed by atoms with Crippen LogP contribution in [0.2, 0.25) is 0 Å². The summed E-state index contributed by atoms with van der Waals surface area (Å²) in [6.07, 6.45) is -0.313. The first-order valence-corrected chi connectivity index (χ1v) is 7.85. The van der Waals surface area contributed by atoms with E-state index in [2.05, 4.69) is 16.0 Å². The van der Waals surface area contributed by atoms with Crippen LogP contribution in [0, 0.1) is 11.6 Å². The van der Waals surface area contributed by atoms with Crippen LogP contribution < -0.4 is 16.0 Å².